The van der Waals surface area contributed by atoms with Crippen LogP contribution in [0.2, 0.25) is 0 Å². The van der Waals surface area contributed by atoms with E-state index in [0.717, 1.165) is 21.8 Å². The average Bonchev–Trinajstić information content (AvgIpc) is 3.14. The molecule has 9 nitrogen and oxygen atoms in total. The predicted molar refractivity (Wildman–Crippen MR) is 193 cm³/mol. The van der Waals surface area contributed by atoms with Crippen LogP contribution in [0.25, 0.3) is 0 Å². The molecule has 0 fully saturated rings. The first-order chi connectivity index (χ1) is 23.2. The van der Waals surface area contributed by atoms with Crippen molar-refractivity contribution in [1.82, 2.24) is 21.0 Å². The molecule has 3 atom stereocenters. The van der Waals surface area contributed by atoms with Gasteiger partial charge in [-0.05, 0) is 35.7 Å². The molecule has 250 valence electrons. The summed E-state index contributed by atoms with van der Waals surface area (Å²) < 4.78 is -0.741. The Morgan fingerprint density at radius 2 is 1.17 bits per heavy atom. The lowest BCUT2D eigenvalue weighted by atomic mass is 9.84. The molecule has 0 unspecified atom stereocenters. The molecule has 0 aliphatic carbocycles. The van der Waals surface area contributed by atoms with E-state index < -0.39 is 46.5 Å². The largest absolute Gasteiger partial charge is 0.343 e. The Hall–Kier alpha value is -4.58. The normalized spacial score (nSPS) is 13.0. The molecule has 3 N–H and O–H groups in total. The summed E-state index contributed by atoms with van der Waals surface area (Å²) >= 11 is 5.74. The summed E-state index contributed by atoms with van der Waals surface area (Å²) in [7, 11) is 2.85. The summed E-state index contributed by atoms with van der Waals surface area (Å²) in [5.41, 5.74) is 3.39. The molecule has 4 aromatic rings. The number of likely N-dealkylation sites (N-methyl/N-ethyl adjacent to an activating group) is 1. The van der Waals surface area contributed by atoms with Gasteiger partial charge in [0, 0.05) is 24.1 Å². The first kappa shape index (κ1) is 36.3. The van der Waals surface area contributed by atoms with Crippen LogP contribution in [-0.2, 0) is 24.0 Å². The van der Waals surface area contributed by atoms with Gasteiger partial charge in [-0.2, -0.15) is 12.6 Å². The van der Waals surface area contributed by atoms with Crippen molar-refractivity contribution in [2.45, 2.75) is 29.8 Å². The Bertz CT molecular complexity index is 1550. The van der Waals surface area contributed by atoms with E-state index in [1.165, 1.54) is 32.8 Å². The van der Waals surface area contributed by atoms with Crippen LogP contribution in [-0.4, -0.2) is 72.5 Å². The zero-order chi connectivity index (χ0) is 34.5. The first-order valence-electron chi connectivity index (χ1n) is 15.4. The lowest BCUT2D eigenvalue weighted by molar-refractivity contribution is -0.171. The summed E-state index contributed by atoms with van der Waals surface area (Å²) in [4.78, 5) is 58.1. The maximum Gasteiger partial charge on any atom is 0.269 e. The molecule has 0 saturated heterocycles. The van der Waals surface area contributed by atoms with Gasteiger partial charge >= 0.3 is 0 Å². The number of benzene rings is 4. The van der Waals surface area contributed by atoms with E-state index in [1.54, 1.807) is 30.3 Å². The molecule has 0 spiro atoms. The number of hydrogen-bond donors (Lipinski definition) is 4. The van der Waals surface area contributed by atoms with Gasteiger partial charge in [-0.15, -0.1) is 11.8 Å². The number of hydroxylamine groups is 2. The van der Waals surface area contributed by atoms with Gasteiger partial charge in [-0.25, -0.2) is 5.06 Å². The van der Waals surface area contributed by atoms with Crippen molar-refractivity contribution in [1.29, 1.82) is 0 Å². The van der Waals surface area contributed by atoms with Crippen LogP contribution in [0.3, 0.4) is 0 Å². The van der Waals surface area contributed by atoms with Crippen molar-refractivity contribution in [2.75, 3.05) is 25.7 Å². The summed E-state index contributed by atoms with van der Waals surface area (Å²) in [6.07, 6.45) is 0. The molecule has 0 radical (unpaired) electrons. The Balaban J connectivity index is 1.57. The molecule has 0 heterocycles. The zero-order valence-electron chi connectivity index (χ0n) is 27.0. The van der Waals surface area contributed by atoms with E-state index in [4.69, 9.17) is 4.84 Å². The molecule has 0 aliphatic heterocycles. The molecule has 4 rings (SSSR count). The highest BCUT2D eigenvalue weighted by Gasteiger charge is 2.39. The van der Waals surface area contributed by atoms with Gasteiger partial charge < -0.3 is 16.0 Å². The van der Waals surface area contributed by atoms with Gasteiger partial charge in [0.2, 0.25) is 11.8 Å². The van der Waals surface area contributed by atoms with E-state index >= 15 is 0 Å². The van der Waals surface area contributed by atoms with Gasteiger partial charge in [-0.1, -0.05) is 109 Å². The van der Waals surface area contributed by atoms with E-state index in [1.807, 2.05) is 54.6 Å². The summed E-state index contributed by atoms with van der Waals surface area (Å²) in [6, 6.07) is 35.5. The SMILES string of the molecule is CON(C)C(=O)[C@H](CSC(c1ccccc1)(c1ccccc1)c1ccccc1)NC(=O)[C@H](C)NC(=O)[C@H](CS)NC(=O)c1ccccc1. The monoisotopic (exact) mass is 684 g/mol. The average molecular weight is 685 g/mol. The van der Waals surface area contributed by atoms with E-state index in [9.17, 15) is 19.2 Å². The molecule has 4 aromatic carbocycles. The van der Waals surface area contributed by atoms with E-state index in [2.05, 4.69) is 65.0 Å². The fourth-order valence-electron chi connectivity index (χ4n) is 5.16. The lowest BCUT2D eigenvalue weighted by Crippen LogP contribution is -2.57. The molecule has 48 heavy (non-hydrogen) atoms. The summed E-state index contributed by atoms with van der Waals surface area (Å²) in [5.74, 6) is -1.91. The van der Waals surface area contributed by atoms with Crippen LogP contribution in [0.1, 0.15) is 34.0 Å². The Kier molecular flexibility index (Phi) is 13.2. The van der Waals surface area contributed by atoms with Crippen LogP contribution in [0.4, 0.5) is 0 Å². The van der Waals surface area contributed by atoms with E-state index in [-0.39, 0.29) is 11.5 Å². The van der Waals surface area contributed by atoms with E-state index in [0.29, 0.717) is 5.56 Å². The zero-order valence-corrected chi connectivity index (χ0v) is 28.7. The van der Waals surface area contributed by atoms with Crippen LogP contribution in [0.15, 0.2) is 121 Å². The smallest absolute Gasteiger partial charge is 0.269 e. The number of thiol groups is 1. The fourth-order valence-corrected chi connectivity index (χ4v) is 6.97. The molecule has 0 saturated carbocycles. The van der Waals surface area contributed by atoms with Crippen molar-refractivity contribution in [3.63, 3.8) is 0 Å². The van der Waals surface area contributed by atoms with Crippen LogP contribution in [0.5, 0.6) is 0 Å². The van der Waals surface area contributed by atoms with Gasteiger partial charge in [0.05, 0.1) is 11.9 Å². The van der Waals surface area contributed by atoms with Gasteiger partial charge in [0.1, 0.15) is 18.1 Å². The molecule has 0 aliphatic rings. The number of nitrogens with one attached hydrogen (secondary N) is 3. The second-order valence-corrected chi connectivity index (χ2v) is 12.6. The third-order valence-corrected chi connectivity index (χ3v) is 9.80. The van der Waals surface area contributed by atoms with Crippen LogP contribution in [0, 0.1) is 0 Å². The number of carbonyl (C=O) groups is 4. The molecular formula is C37H40N4O5S2. The number of carbonyl (C=O) groups excluding carboxylic acids is 4. The Morgan fingerprint density at radius 3 is 1.60 bits per heavy atom. The van der Waals surface area contributed by atoms with Crippen molar-refractivity contribution in [3.8, 4) is 0 Å². The summed E-state index contributed by atoms with van der Waals surface area (Å²) in [6.45, 7) is 1.51. The lowest BCUT2D eigenvalue weighted by Gasteiger charge is -2.37. The predicted octanol–water partition coefficient (Wildman–Crippen LogP) is 4.45. The first-order valence-corrected chi connectivity index (χ1v) is 17.0. The number of rotatable bonds is 15. The number of hydrogen-bond acceptors (Lipinski definition) is 7. The van der Waals surface area contributed by atoms with Crippen LogP contribution < -0.4 is 16.0 Å². The molecule has 0 bridgehead atoms. The van der Waals surface area contributed by atoms with Crippen molar-refractivity contribution in [2.24, 2.45) is 0 Å². The molecule has 0 aromatic heterocycles. The van der Waals surface area contributed by atoms with Crippen molar-refractivity contribution >= 4 is 48.0 Å². The third-order valence-electron chi connectivity index (χ3n) is 7.80. The highest BCUT2D eigenvalue weighted by molar-refractivity contribution is 8.00. The minimum absolute atomic E-state index is 0.00959. The Morgan fingerprint density at radius 1 is 0.708 bits per heavy atom. The standard InChI is InChI=1S/C37H40N4O5S2/c1-26(38-35(44)31(24-47)39-34(43)27-16-8-4-9-17-27)33(42)40-32(36(45)41(2)46-3)25-48-37(28-18-10-5-11-19-28,29-20-12-6-13-21-29)30-22-14-7-15-23-30/h4-23,26,31-32,47H,24-25H2,1-3H3,(H,38,44)(H,39,43)(H,40,42)/t26-,31-,32-/m0/s1. The molecule has 11 heteroatoms. The van der Waals surface area contributed by atoms with Gasteiger partial charge in [0.15, 0.2) is 0 Å². The highest BCUT2D eigenvalue weighted by atomic mass is 32.2. The molecule has 4 amide bonds. The maximum absolute atomic E-state index is 13.6. The second-order valence-electron chi connectivity index (χ2n) is 11.0. The number of thioether (sulfide) groups is 1. The van der Waals surface area contributed by atoms with Crippen molar-refractivity contribution in [3.05, 3.63) is 144 Å². The quantitative estimate of drug-likeness (QED) is 0.0836. The molecular weight excluding hydrogens is 645 g/mol. The van der Waals surface area contributed by atoms with Gasteiger partial charge in [-0.3, -0.25) is 24.0 Å². The highest BCUT2D eigenvalue weighted by Crippen LogP contribution is 2.48. The third kappa shape index (κ3) is 8.85. The van der Waals surface area contributed by atoms with Crippen LogP contribution >= 0.6 is 24.4 Å². The Labute approximate surface area is 291 Å². The number of amides is 4. The van der Waals surface area contributed by atoms with Crippen molar-refractivity contribution < 1.29 is 24.0 Å². The fraction of sp³-hybridized carbons (Fsp3) is 0.243. The minimum atomic E-state index is -1.04. The topological polar surface area (TPSA) is 117 Å². The number of nitrogens with zero attached hydrogens (tertiary/aromatic N) is 1. The maximum atomic E-state index is 13.6. The van der Waals surface area contributed by atoms with Gasteiger partial charge in [0.25, 0.3) is 11.8 Å². The summed E-state index contributed by atoms with van der Waals surface area (Å²) in [5, 5.41) is 9.20. The second kappa shape index (κ2) is 17.5. The minimum Gasteiger partial charge on any atom is -0.343 e.